The number of hydrogen-bond donors (Lipinski definition) is 1. The van der Waals surface area contributed by atoms with Crippen molar-refractivity contribution in [3.63, 3.8) is 0 Å². The number of nitrogen functional groups attached to an aromatic ring is 1. The van der Waals surface area contributed by atoms with Crippen LogP contribution < -0.4 is 11.2 Å². The molecule has 2 aromatic rings. The van der Waals surface area contributed by atoms with Gasteiger partial charge in [0.15, 0.2) is 11.3 Å². The molecule has 0 bridgehead atoms. The second-order valence-electron chi connectivity index (χ2n) is 5.18. The lowest BCUT2D eigenvalue weighted by atomic mass is 9.99. The minimum absolute atomic E-state index is 0.0857. The molecular formula is C17H8Br3NO2. The summed E-state index contributed by atoms with van der Waals surface area (Å²) in [6.07, 6.45) is 0. The van der Waals surface area contributed by atoms with Crippen LogP contribution in [0, 0.1) is 0 Å². The Labute approximate surface area is 156 Å². The van der Waals surface area contributed by atoms with Gasteiger partial charge in [-0.1, -0.05) is 24.3 Å². The smallest absolute Gasteiger partial charge is 0.204 e. The summed E-state index contributed by atoms with van der Waals surface area (Å²) in [5.41, 5.74) is 7.98. The van der Waals surface area contributed by atoms with E-state index in [4.69, 9.17) is 10.2 Å². The fourth-order valence-electron chi connectivity index (χ4n) is 2.72. The molecule has 0 amide bonds. The molecule has 0 fully saturated rings. The molecule has 1 aliphatic carbocycles. The van der Waals surface area contributed by atoms with Gasteiger partial charge < -0.3 is 10.2 Å². The largest absolute Gasteiger partial charge is 0.453 e. The molecule has 0 radical (unpaired) electrons. The molecule has 1 heterocycles. The SMILES string of the molecule is Nc1c(Br)cc2cc3c4ccccc4c(=O)c(Br)c-3oc2c1Br. The number of halogens is 3. The maximum atomic E-state index is 12.5. The number of rotatable bonds is 0. The van der Waals surface area contributed by atoms with Crippen LogP contribution in [0.3, 0.4) is 0 Å². The van der Waals surface area contributed by atoms with Gasteiger partial charge in [-0.3, -0.25) is 4.79 Å². The number of hydrogen-bond acceptors (Lipinski definition) is 3. The Kier molecular flexibility index (Phi) is 3.51. The first-order valence-corrected chi connectivity index (χ1v) is 9.08. The van der Waals surface area contributed by atoms with Crippen LogP contribution in [0.4, 0.5) is 5.69 Å². The third-order valence-electron chi connectivity index (χ3n) is 3.85. The fraction of sp³-hybridized carbons (Fsp3) is 0. The molecule has 6 heteroatoms. The van der Waals surface area contributed by atoms with E-state index in [2.05, 4.69) is 47.8 Å². The van der Waals surface area contributed by atoms with E-state index in [1.54, 1.807) is 0 Å². The minimum atomic E-state index is -0.0857. The van der Waals surface area contributed by atoms with Gasteiger partial charge in [0.2, 0.25) is 5.43 Å². The Bertz CT molecular complexity index is 1130. The number of fused-ring (bicyclic) bond motifs is 4. The highest BCUT2D eigenvalue weighted by Gasteiger charge is 2.20. The van der Waals surface area contributed by atoms with Crippen molar-refractivity contribution in [3.8, 4) is 11.3 Å². The van der Waals surface area contributed by atoms with E-state index in [0.29, 0.717) is 31.4 Å². The van der Waals surface area contributed by atoms with E-state index in [1.807, 2.05) is 36.4 Å². The zero-order chi connectivity index (χ0) is 16.3. The lowest BCUT2D eigenvalue weighted by Gasteiger charge is -2.14. The van der Waals surface area contributed by atoms with E-state index in [0.717, 1.165) is 20.8 Å². The van der Waals surface area contributed by atoms with Gasteiger partial charge in [-0.2, -0.15) is 0 Å². The second-order valence-corrected chi connectivity index (χ2v) is 7.62. The third kappa shape index (κ3) is 2.16. The van der Waals surface area contributed by atoms with Gasteiger partial charge in [0.25, 0.3) is 0 Å². The van der Waals surface area contributed by atoms with E-state index >= 15 is 0 Å². The maximum Gasteiger partial charge on any atom is 0.204 e. The van der Waals surface area contributed by atoms with Crippen LogP contribution in [0.5, 0.6) is 0 Å². The van der Waals surface area contributed by atoms with Crippen molar-refractivity contribution in [3.05, 3.63) is 60.0 Å². The van der Waals surface area contributed by atoms with Gasteiger partial charge in [-0.05, 0) is 65.3 Å². The average Bonchev–Trinajstić information content (AvgIpc) is 2.57. The van der Waals surface area contributed by atoms with Crippen molar-refractivity contribution >= 4 is 75.2 Å². The topological polar surface area (TPSA) is 56.2 Å². The van der Waals surface area contributed by atoms with Crippen molar-refractivity contribution in [2.45, 2.75) is 0 Å². The first-order chi connectivity index (χ1) is 11.0. The Hall–Kier alpha value is -1.37. The van der Waals surface area contributed by atoms with Crippen LogP contribution in [0.25, 0.3) is 33.1 Å². The molecular weight excluding hydrogens is 490 g/mol. The molecule has 23 heavy (non-hydrogen) atoms. The van der Waals surface area contributed by atoms with Crippen LogP contribution in [0.2, 0.25) is 0 Å². The molecule has 0 saturated carbocycles. The average molecular weight is 498 g/mol. The molecule has 2 N–H and O–H groups in total. The first-order valence-electron chi connectivity index (χ1n) is 6.70. The van der Waals surface area contributed by atoms with Crippen LogP contribution in [-0.2, 0) is 0 Å². The highest BCUT2D eigenvalue weighted by molar-refractivity contribution is 9.11. The molecule has 0 spiro atoms. The second kappa shape index (κ2) is 5.33. The highest BCUT2D eigenvalue weighted by Crippen LogP contribution is 2.42. The predicted octanol–water partition coefficient (Wildman–Crippen LogP) is 5.92. The molecule has 0 aromatic heterocycles. The van der Waals surface area contributed by atoms with Crippen LogP contribution in [-0.4, -0.2) is 0 Å². The Morgan fingerprint density at radius 3 is 2.39 bits per heavy atom. The van der Waals surface area contributed by atoms with Gasteiger partial charge in [0.1, 0.15) is 4.47 Å². The monoisotopic (exact) mass is 495 g/mol. The predicted molar refractivity (Wildman–Crippen MR) is 104 cm³/mol. The Morgan fingerprint density at radius 2 is 1.65 bits per heavy atom. The summed E-state index contributed by atoms with van der Waals surface area (Å²) in [5.74, 6) is 0.517. The lowest BCUT2D eigenvalue weighted by Crippen LogP contribution is -2.06. The lowest BCUT2D eigenvalue weighted by molar-refractivity contribution is 0.615. The molecule has 3 nitrogen and oxygen atoms in total. The van der Waals surface area contributed by atoms with Crippen LogP contribution in [0.15, 0.2) is 59.0 Å². The highest BCUT2D eigenvalue weighted by atomic mass is 79.9. The van der Waals surface area contributed by atoms with Crippen LogP contribution >= 0.6 is 47.8 Å². The molecule has 2 aromatic carbocycles. The molecule has 4 rings (SSSR count). The van der Waals surface area contributed by atoms with E-state index in [1.165, 1.54) is 0 Å². The van der Waals surface area contributed by atoms with E-state index in [9.17, 15) is 4.79 Å². The molecule has 0 unspecified atom stereocenters. The quantitative estimate of drug-likeness (QED) is 0.186. The number of benzene rings is 3. The maximum absolute atomic E-state index is 12.5. The van der Waals surface area contributed by atoms with Crippen molar-refractivity contribution in [1.82, 2.24) is 0 Å². The zero-order valence-electron chi connectivity index (χ0n) is 11.5. The number of anilines is 1. The van der Waals surface area contributed by atoms with Gasteiger partial charge in [-0.25, -0.2) is 0 Å². The summed E-state index contributed by atoms with van der Waals surface area (Å²) < 4.78 is 7.91. The minimum Gasteiger partial charge on any atom is -0.453 e. The zero-order valence-corrected chi connectivity index (χ0v) is 16.2. The van der Waals surface area contributed by atoms with Crippen molar-refractivity contribution in [1.29, 1.82) is 0 Å². The van der Waals surface area contributed by atoms with Crippen molar-refractivity contribution in [2.75, 3.05) is 5.73 Å². The van der Waals surface area contributed by atoms with E-state index < -0.39 is 0 Å². The molecule has 0 atom stereocenters. The molecule has 1 aliphatic heterocycles. The normalized spacial score (nSPS) is 11.6. The van der Waals surface area contributed by atoms with Gasteiger partial charge in [0.05, 0.1) is 10.2 Å². The fourth-order valence-corrected chi connectivity index (χ4v) is 4.47. The van der Waals surface area contributed by atoms with Crippen LogP contribution in [0.1, 0.15) is 0 Å². The number of nitrogens with two attached hydrogens (primary N) is 1. The first kappa shape index (κ1) is 15.2. The molecule has 114 valence electrons. The summed E-state index contributed by atoms with van der Waals surface area (Å²) >= 11 is 10.3. The third-order valence-corrected chi connectivity index (χ3v) is 6.01. The molecule has 0 saturated heterocycles. The van der Waals surface area contributed by atoms with Gasteiger partial charge in [-0.15, -0.1) is 0 Å². The summed E-state index contributed by atoms with van der Waals surface area (Å²) in [6.45, 7) is 0. The summed E-state index contributed by atoms with van der Waals surface area (Å²) in [6, 6.07) is 11.4. The van der Waals surface area contributed by atoms with Crippen molar-refractivity contribution in [2.24, 2.45) is 0 Å². The Balaban J connectivity index is 2.31. The summed E-state index contributed by atoms with van der Waals surface area (Å²) in [4.78, 5) is 12.5. The van der Waals surface area contributed by atoms with Gasteiger partial charge in [0, 0.05) is 20.8 Å². The summed E-state index contributed by atoms with van der Waals surface area (Å²) in [7, 11) is 0. The summed E-state index contributed by atoms with van der Waals surface area (Å²) in [5, 5.41) is 2.42. The van der Waals surface area contributed by atoms with E-state index in [-0.39, 0.29) is 5.43 Å². The van der Waals surface area contributed by atoms with Gasteiger partial charge >= 0.3 is 0 Å². The van der Waals surface area contributed by atoms with Crippen molar-refractivity contribution < 1.29 is 4.42 Å². The molecule has 2 aliphatic rings. The Morgan fingerprint density at radius 1 is 0.957 bits per heavy atom. The standard InChI is InChI=1S/C17H8Br3NO2/c18-11-6-7-5-10-8-3-1-2-4-9(8)15(22)13(20)17(10)23-16(7)12(19)14(11)21/h1-6H,21H2.